The number of carbonyl (C=O) groups excluding carboxylic acids is 3. The first-order chi connectivity index (χ1) is 11.9. The topological polar surface area (TPSA) is 86.5 Å². The molecule has 0 atom stereocenters. The summed E-state index contributed by atoms with van der Waals surface area (Å²) in [7, 11) is 0. The number of hydrogen-bond donors (Lipinski definition) is 1. The van der Waals surface area contributed by atoms with E-state index in [1.807, 2.05) is 0 Å². The van der Waals surface area contributed by atoms with Crippen LogP contribution < -0.4 is 5.73 Å². The lowest BCUT2D eigenvalue weighted by Crippen LogP contribution is -2.16. The van der Waals surface area contributed by atoms with Gasteiger partial charge in [-0.3, -0.25) is 9.59 Å². The van der Waals surface area contributed by atoms with Gasteiger partial charge in [-0.2, -0.15) is 0 Å². The van der Waals surface area contributed by atoms with Gasteiger partial charge in [0, 0.05) is 10.5 Å². The number of thioether (sulfide) groups is 1. The van der Waals surface area contributed by atoms with Crippen LogP contribution in [-0.2, 0) is 9.53 Å². The van der Waals surface area contributed by atoms with Crippen molar-refractivity contribution < 1.29 is 19.1 Å². The number of hydrogen-bond acceptors (Lipinski definition) is 5. The van der Waals surface area contributed by atoms with Gasteiger partial charge in [-0.15, -0.1) is 11.8 Å². The number of halogens is 2. The van der Waals surface area contributed by atoms with Crippen LogP contribution in [0.5, 0.6) is 0 Å². The van der Waals surface area contributed by atoms with Gasteiger partial charge in [0.15, 0.2) is 12.4 Å². The molecule has 0 aliphatic carbocycles. The minimum absolute atomic E-state index is 0.0342. The molecule has 0 unspecified atom stereocenters. The van der Waals surface area contributed by atoms with Crippen molar-refractivity contribution in [3.05, 3.63) is 63.6 Å². The fraction of sp³-hybridized carbons (Fsp3) is 0.118. The van der Waals surface area contributed by atoms with Gasteiger partial charge in [0.1, 0.15) is 0 Å². The minimum atomic E-state index is -0.666. The van der Waals surface area contributed by atoms with Crippen LogP contribution in [0, 0.1) is 0 Å². The molecular weight excluding hydrogens is 385 g/mol. The SMILES string of the molecule is NC(=O)CSc1ccccc1C(=O)OCC(=O)c1ccc(Cl)c(Cl)c1. The van der Waals surface area contributed by atoms with Gasteiger partial charge >= 0.3 is 5.97 Å². The Kier molecular flexibility index (Phi) is 6.87. The lowest BCUT2D eigenvalue weighted by atomic mass is 10.1. The van der Waals surface area contributed by atoms with E-state index in [9.17, 15) is 14.4 Å². The summed E-state index contributed by atoms with van der Waals surface area (Å²) >= 11 is 12.8. The molecule has 2 N–H and O–H groups in total. The molecule has 0 heterocycles. The summed E-state index contributed by atoms with van der Waals surface area (Å²) in [6, 6.07) is 11.0. The van der Waals surface area contributed by atoms with Gasteiger partial charge in [-0.25, -0.2) is 4.79 Å². The van der Waals surface area contributed by atoms with Crippen molar-refractivity contribution in [1.82, 2.24) is 0 Å². The molecule has 0 saturated carbocycles. The van der Waals surface area contributed by atoms with Crippen molar-refractivity contribution >= 4 is 52.6 Å². The standard InChI is InChI=1S/C17H13Cl2NO4S/c18-12-6-5-10(7-13(12)19)14(21)8-24-17(23)11-3-1-2-4-15(11)25-9-16(20)22/h1-7H,8-9H2,(H2,20,22). The first kappa shape index (κ1) is 19.3. The van der Waals surface area contributed by atoms with Crippen LogP contribution in [0.4, 0.5) is 0 Å². The molecule has 130 valence electrons. The monoisotopic (exact) mass is 397 g/mol. The van der Waals surface area contributed by atoms with Gasteiger partial charge in [0.05, 0.1) is 21.4 Å². The second kappa shape index (κ2) is 8.89. The van der Waals surface area contributed by atoms with Crippen LogP contribution in [0.3, 0.4) is 0 Å². The number of Topliss-reactive ketones (excluding diaryl/α,β-unsaturated/α-hetero) is 1. The average molecular weight is 398 g/mol. The summed E-state index contributed by atoms with van der Waals surface area (Å²) in [5.41, 5.74) is 5.66. The molecule has 0 aliphatic heterocycles. The lowest BCUT2D eigenvalue weighted by molar-refractivity contribution is -0.115. The number of carbonyl (C=O) groups is 3. The molecule has 25 heavy (non-hydrogen) atoms. The van der Waals surface area contributed by atoms with Crippen molar-refractivity contribution in [3.8, 4) is 0 Å². The lowest BCUT2D eigenvalue weighted by Gasteiger charge is -2.09. The zero-order chi connectivity index (χ0) is 18.4. The molecule has 0 saturated heterocycles. The highest BCUT2D eigenvalue weighted by atomic mass is 35.5. The van der Waals surface area contributed by atoms with Gasteiger partial charge in [0.25, 0.3) is 0 Å². The van der Waals surface area contributed by atoms with Crippen LogP contribution in [0.15, 0.2) is 47.4 Å². The molecule has 0 aliphatic rings. The molecule has 8 heteroatoms. The Morgan fingerprint density at radius 2 is 1.76 bits per heavy atom. The molecule has 1 amide bonds. The first-order valence-electron chi connectivity index (χ1n) is 7.04. The number of nitrogens with two attached hydrogens (primary N) is 1. The Morgan fingerprint density at radius 1 is 1.04 bits per heavy atom. The largest absolute Gasteiger partial charge is 0.454 e. The number of esters is 1. The van der Waals surface area contributed by atoms with Crippen LogP contribution in [0.25, 0.3) is 0 Å². The van der Waals surface area contributed by atoms with Gasteiger partial charge in [-0.1, -0.05) is 35.3 Å². The third kappa shape index (κ3) is 5.49. The van der Waals surface area contributed by atoms with Crippen LogP contribution in [0.2, 0.25) is 10.0 Å². The molecular formula is C17H13Cl2NO4S. The van der Waals surface area contributed by atoms with Gasteiger partial charge < -0.3 is 10.5 Å². The number of primary amides is 1. The van der Waals surface area contributed by atoms with E-state index in [1.54, 1.807) is 24.3 Å². The number of benzene rings is 2. The highest BCUT2D eigenvalue weighted by Gasteiger charge is 2.16. The smallest absolute Gasteiger partial charge is 0.339 e. The molecule has 0 aromatic heterocycles. The summed E-state index contributed by atoms with van der Waals surface area (Å²) in [4.78, 5) is 35.8. The number of ketones is 1. The van der Waals surface area contributed by atoms with Crippen LogP contribution >= 0.6 is 35.0 Å². The zero-order valence-corrected chi connectivity index (χ0v) is 15.2. The van der Waals surface area contributed by atoms with E-state index < -0.39 is 24.3 Å². The molecule has 2 aromatic carbocycles. The maximum atomic E-state index is 12.2. The molecule has 0 bridgehead atoms. The van der Waals surface area contributed by atoms with Gasteiger partial charge in [-0.05, 0) is 30.3 Å². The van der Waals surface area contributed by atoms with Crippen molar-refractivity contribution in [2.24, 2.45) is 5.73 Å². The number of rotatable bonds is 7. The molecule has 2 rings (SSSR count). The minimum Gasteiger partial charge on any atom is -0.454 e. The van der Waals surface area contributed by atoms with E-state index in [2.05, 4.69) is 0 Å². The second-order valence-electron chi connectivity index (χ2n) is 4.88. The Morgan fingerprint density at radius 3 is 2.44 bits per heavy atom. The Hall–Kier alpha value is -2.02. The number of ether oxygens (including phenoxy) is 1. The van der Waals surface area contributed by atoms with Gasteiger partial charge in [0.2, 0.25) is 5.91 Å². The van der Waals surface area contributed by atoms with E-state index in [0.29, 0.717) is 15.5 Å². The fourth-order valence-electron chi connectivity index (χ4n) is 1.87. The first-order valence-corrected chi connectivity index (χ1v) is 8.78. The highest BCUT2D eigenvalue weighted by Crippen LogP contribution is 2.24. The molecule has 0 radical (unpaired) electrons. The average Bonchev–Trinajstić information content (AvgIpc) is 2.60. The van der Waals surface area contributed by atoms with Crippen molar-refractivity contribution in [2.45, 2.75) is 4.90 Å². The Balaban J connectivity index is 2.03. The predicted molar refractivity (Wildman–Crippen MR) is 97.4 cm³/mol. The molecule has 0 fully saturated rings. The van der Waals surface area contributed by atoms with E-state index in [-0.39, 0.29) is 16.3 Å². The van der Waals surface area contributed by atoms with Crippen molar-refractivity contribution in [3.63, 3.8) is 0 Å². The third-order valence-corrected chi connectivity index (χ3v) is 4.89. The van der Waals surface area contributed by atoms with Crippen molar-refractivity contribution in [1.29, 1.82) is 0 Å². The normalized spacial score (nSPS) is 10.3. The number of amides is 1. The van der Waals surface area contributed by atoms with Crippen LogP contribution in [0.1, 0.15) is 20.7 Å². The van der Waals surface area contributed by atoms with Crippen molar-refractivity contribution in [2.75, 3.05) is 12.4 Å². The summed E-state index contributed by atoms with van der Waals surface area (Å²) in [6.45, 7) is -0.439. The summed E-state index contributed by atoms with van der Waals surface area (Å²) in [6.07, 6.45) is 0. The maximum Gasteiger partial charge on any atom is 0.339 e. The summed E-state index contributed by atoms with van der Waals surface area (Å²) in [5, 5.41) is 0.572. The van der Waals surface area contributed by atoms with E-state index in [0.717, 1.165) is 11.8 Å². The highest BCUT2D eigenvalue weighted by molar-refractivity contribution is 8.00. The van der Waals surface area contributed by atoms with E-state index >= 15 is 0 Å². The molecule has 0 spiro atoms. The molecule has 2 aromatic rings. The quantitative estimate of drug-likeness (QED) is 0.438. The van der Waals surface area contributed by atoms with Crippen LogP contribution in [-0.4, -0.2) is 30.0 Å². The van der Waals surface area contributed by atoms with E-state index in [1.165, 1.54) is 18.2 Å². The Bertz CT molecular complexity index is 826. The summed E-state index contributed by atoms with van der Waals surface area (Å²) in [5.74, 6) is -1.54. The maximum absolute atomic E-state index is 12.2. The van der Waals surface area contributed by atoms with E-state index in [4.69, 9.17) is 33.7 Å². The molecule has 5 nitrogen and oxygen atoms in total. The second-order valence-corrected chi connectivity index (χ2v) is 6.71. The zero-order valence-electron chi connectivity index (χ0n) is 12.8. The Labute approximate surface area is 158 Å². The predicted octanol–water partition coefficient (Wildman–Crippen LogP) is 3.61. The third-order valence-electron chi connectivity index (χ3n) is 3.05. The summed E-state index contributed by atoms with van der Waals surface area (Å²) < 4.78 is 5.07. The fourth-order valence-corrected chi connectivity index (χ4v) is 2.95.